The first-order valence-corrected chi connectivity index (χ1v) is 5.62. The van der Waals surface area contributed by atoms with E-state index < -0.39 is 0 Å². The Labute approximate surface area is 90.0 Å². The Balaban J connectivity index is 2.45. The van der Waals surface area contributed by atoms with Crippen LogP contribution in [-0.2, 0) is 16.0 Å². The van der Waals surface area contributed by atoms with Gasteiger partial charge in [0.2, 0.25) is 0 Å². The minimum absolute atomic E-state index is 0.0316. The fourth-order valence-corrected chi connectivity index (χ4v) is 2.36. The van der Waals surface area contributed by atoms with E-state index in [1.807, 2.05) is 26.0 Å². The Hall–Kier alpha value is -0.350. The molecule has 2 nitrogen and oxygen atoms in total. The summed E-state index contributed by atoms with van der Waals surface area (Å²) in [6.45, 7) is 3.70. The molecule has 0 aliphatic heterocycles. The zero-order valence-electron chi connectivity index (χ0n) is 7.54. The van der Waals surface area contributed by atoms with Gasteiger partial charge < -0.3 is 4.74 Å². The molecule has 72 valence electrons. The molecule has 0 atom stereocenters. The second-order valence-electron chi connectivity index (χ2n) is 2.92. The molecule has 0 radical (unpaired) electrons. The van der Waals surface area contributed by atoms with Crippen LogP contribution in [0.25, 0.3) is 0 Å². The molecule has 0 spiro atoms. The van der Waals surface area contributed by atoms with Crippen molar-refractivity contribution in [2.24, 2.45) is 0 Å². The first-order valence-electron chi connectivity index (χ1n) is 4.01. The zero-order valence-corrected chi connectivity index (χ0v) is 9.94. The monoisotopic (exact) mass is 262 g/mol. The predicted octanol–water partition coefficient (Wildman–Crippen LogP) is 3.00. The lowest BCUT2D eigenvalue weighted by molar-refractivity contribution is -0.146. The largest absolute Gasteiger partial charge is 0.463 e. The Bertz CT molecular complexity index is 294. The van der Waals surface area contributed by atoms with Crippen molar-refractivity contribution in [3.05, 3.63) is 20.8 Å². The molecule has 4 heteroatoms. The van der Waals surface area contributed by atoms with Crippen molar-refractivity contribution in [3.8, 4) is 0 Å². The van der Waals surface area contributed by atoms with Crippen molar-refractivity contribution >= 4 is 33.2 Å². The van der Waals surface area contributed by atoms with E-state index in [0.717, 1.165) is 8.66 Å². The van der Waals surface area contributed by atoms with Crippen LogP contribution in [0.5, 0.6) is 0 Å². The minimum Gasteiger partial charge on any atom is -0.463 e. The first-order chi connectivity index (χ1) is 6.08. The summed E-state index contributed by atoms with van der Waals surface area (Å²) in [5.74, 6) is -0.163. The number of esters is 1. The van der Waals surface area contributed by atoms with Gasteiger partial charge in [-0.15, -0.1) is 11.3 Å². The molecule has 0 unspecified atom stereocenters. The molecule has 0 saturated carbocycles. The summed E-state index contributed by atoms with van der Waals surface area (Å²) in [4.78, 5) is 12.2. The molecule has 0 saturated heterocycles. The molecule has 0 aromatic carbocycles. The highest BCUT2D eigenvalue weighted by molar-refractivity contribution is 9.11. The molecule has 0 N–H and O–H groups in total. The van der Waals surface area contributed by atoms with Crippen molar-refractivity contribution in [3.63, 3.8) is 0 Å². The van der Waals surface area contributed by atoms with E-state index in [1.165, 1.54) is 0 Å². The van der Waals surface area contributed by atoms with Gasteiger partial charge in [0, 0.05) is 4.88 Å². The fraction of sp³-hybridized carbons (Fsp3) is 0.444. The van der Waals surface area contributed by atoms with Crippen LogP contribution in [0.15, 0.2) is 15.9 Å². The number of thiophene rings is 1. The van der Waals surface area contributed by atoms with Gasteiger partial charge in [0.15, 0.2) is 0 Å². The predicted molar refractivity (Wildman–Crippen MR) is 57.0 cm³/mol. The first kappa shape index (κ1) is 10.7. The Morgan fingerprint density at radius 3 is 2.77 bits per heavy atom. The number of halogens is 1. The van der Waals surface area contributed by atoms with E-state index >= 15 is 0 Å². The van der Waals surface area contributed by atoms with Crippen LogP contribution in [-0.4, -0.2) is 12.1 Å². The Morgan fingerprint density at radius 2 is 2.31 bits per heavy atom. The zero-order chi connectivity index (χ0) is 9.84. The highest BCUT2D eigenvalue weighted by Gasteiger charge is 2.08. The lowest BCUT2D eigenvalue weighted by Gasteiger charge is -2.06. The lowest BCUT2D eigenvalue weighted by atomic mass is 10.3. The quantitative estimate of drug-likeness (QED) is 0.783. The van der Waals surface area contributed by atoms with Crippen molar-refractivity contribution < 1.29 is 9.53 Å². The van der Waals surface area contributed by atoms with Gasteiger partial charge in [0.05, 0.1) is 16.3 Å². The SMILES string of the molecule is CC(C)OC(=O)Cc1ccc(Br)s1. The molecule has 0 aliphatic carbocycles. The molecule has 0 fully saturated rings. The number of carbonyl (C=O) groups excluding carboxylic acids is 1. The third kappa shape index (κ3) is 3.91. The molecular formula is C9H11BrO2S. The van der Waals surface area contributed by atoms with Crippen LogP contribution >= 0.6 is 27.3 Å². The maximum absolute atomic E-state index is 11.2. The van der Waals surface area contributed by atoms with E-state index in [9.17, 15) is 4.79 Å². The minimum atomic E-state index is -0.163. The van der Waals surface area contributed by atoms with Gasteiger partial charge in [-0.05, 0) is 41.9 Å². The Kier molecular flexibility index (Phi) is 3.93. The molecule has 1 aromatic rings. The molecule has 1 rings (SSSR count). The number of rotatable bonds is 3. The number of hydrogen-bond acceptors (Lipinski definition) is 3. The number of carbonyl (C=O) groups is 1. The summed E-state index contributed by atoms with van der Waals surface area (Å²) in [6, 6.07) is 3.86. The summed E-state index contributed by atoms with van der Waals surface area (Å²) < 4.78 is 6.06. The highest BCUT2D eigenvalue weighted by Crippen LogP contribution is 2.22. The summed E-state index contributed by atoms with van der Waals surface area (Å²) in [5.41, 5.74) is 0. The maximum Gasteiger partial charge on any atom is 0.311 e. The van der Waals surface area contributed by atoms with Crippen molar-refractivity contribution in [2.75, 3.05) is 0 Å². The average Bonchev–Trinajstić information content (AvgIpc) is 2.33. The van der Waals surface area contributed by atoms with Crippen molar-refractivity contribution in [1.29, 1.82) is 0 Å². The molecule has 0 aliphatic rings. The molecule has 0 amide bonds. The number of ether oxygens (including phenoxy) is 1. The smallest absolute Gasteiger partial charge is 0.311 e. The van der Waals surface area contributed by atoms with Gasteiger partial charge in [-0.2, -0.15) is 0 Å². The summed E-state index contributed by atoms with van der Waals surface area (Å²) in [5, 5.41) is 0. The number of hydrogen-bond donors (Lipinski definition) is 0. The van der Waals surface area contributed by atoms with Gasteiger partial charge in [-0.1, -0.05) is 0 Å². The second kappa shape index (κ2) is 4.77. The van der Waals surface area contributed by atoms with Crippen LogP contribution in [0.1, 0.15) is 18.7 Å². The normalized spacial score (nSPS) is 10.5. The molecule has 0 bridgehead atoms. The van der Waals surface area contributed by atoms with Gasteiger partial charge in [-0.25, -0.2) is 0 Å². The van der Waals surface area contributed by atoms with Gasteiger partial charge >= 0.3 is 5.97 Å². The van der Waals surface area contributed by atoms with Crippen LogP contribution in [0.4, 0.5) is 0 Å². The summed E-state index contributed by atoms with van der Waals surface area (Å²) in [6.07, 6.45) is 0.338. The van der Waals surface area contributed by atoms with Gasteiger partial charge in [0.25, 0.3) is 0 Å². The standard InChI is InChI=1S/C9H11BrO2S/c1-6(2)12-9(11)5-7-3-4-8(10)13-7/h3-4,6H,5H2,1-2H3. The van der Waals surface area contributed by atoms with E-state index in [1.54, 1.807) is 11.3 Å². The average molecular weight is 263 g/mol. The van der Waals surface area contributed by atoms with Crippen molar-refractivity contribution in [1.82, 2.24) is 0 Å². The van der Waals surface area contributed by atoms with E-state index in [4.69, 9.17) is 4.74 Å². The van der Waals surface area contributed by atoms with Crippen LogP contribution in [0, 0.1) is 0 Å². The van der Waals surface area contributed by atoms with Gasteiger partial charge in [-0.3, -0.25) is 4.79 Å². The van der Waals surface area contributed by atoms with E-state index in [-0.39, 0.29) is 12.1 Å². The molecule has 1 heterocycles. The Morgan fingerprint density at radius 1 is 1.62 bits per heavy atom. The fourth-order valence-electron chi connectivity index (χ4n) is 0.894. The van der Waals surface area contributed by atoms with Crippen molar-refractivity contribution in [2.45, 2.75) is 26.4 Å². The van der Waals surface area contributed by atoms with Crippen LogP contribution in [0.2, 0.25) is 0 Å². The van der Waals surface area contributed by atoms with Crippen LogP contribution in [0.3, 0.4) is 0 Å². The second-order valence-corrected chi connectivity index (χ2v) is 5.47. The maximum atomic E-state index is 11.2. The summed E-state index contributed by atoms with van der Waals surface area (Å²) >= 11 is 4.90. The van der Waals surface area contributed by atoms with Crippen LogP contribution < -0.4 is 0 Å². The third-order valence-electron chi connectivity index (χ3n) is 1.31. The topological polar surface area (TPSA) is 26.3 Å². The molecular weight excluding hydrogens is 252 g/mol. The summed E-state index contributed by atoms with van der Waals surface area (Å²) in [7, 11) is 0. The highest BCUT2D eigenvalue weighted by atomic mass is 79.9. The van der Waals surface area contributed by atoms with E-state index in [2.05, 4.69) is 15.9 Å². The third-order valence-corrected chi connectivity index (χ3v) is 2.94. The molecule has 1 aromatic heterocycles. The lowest BCUT2D eigenvalue weighted by Crippen LogP contribution is -2.12. The van der Waals surface area contributed by atoms with E-state index in [0.29, 0.717) is 6.42 Å². The molecule has 13 heavy (non-hydrogen) atoms. The van der Waals surface area contributed by atoms with Gasteiger partial charge in [0.1, 0.15) is 0 Å².